The Labute approximate surface area is 200 Å². The quantitative estimate of drug-likeness (QED) is 0.358. The fraction of sp³-hybridized carbons (Fsp3) is 0.192. The molecule has 0 aliphatic rings. The maximum Gasteiger partial charge on any atom is 0.309 e. The van der Waals surface area contributed by atoms with Gasteiger partial charge in [0, 0.05) is 17.8 Å². The van der Waals surface area contributed by atoms with Crippen LogP contribution in [0.3, 0.4) is 0 Å². The third-order valence-electron chi connectivity index (χ3n) is 5.77. The standard InChI is InChI=1S/C26H24N4O5/c1-16-5-4-6-18(15-16)24(32)27-19-11-9-17(10-12-19)23(31)21(26(34)35)13-14-30-25(33)20-7-2-3-8-22(20)28-29-30/h2-12,15,21,23,31H,13-14H2,1H3,(H,27,32)(H,34,35)/t21-,23+/m0/s1. The molecular weight excluding hydrogens is 448 g/mol. The molecule has 178 valence electrons. The number of rotatable bonds is 8. The lowest BCUT2D eigenvalue weighted by atomic mass is 9.92. The van der Waals surface area contributed by atoms with E-state index in [-0.39, 0.29) is 24.4 Å². The number of nitrogens with one attached hydrogen (secondary N) is 1. The van der Waals surface area contributed by atoms with Gasteiger partial charge in [0.2, 0.25) is 0 Å². The highest BCUT2D eigenvalue weighted by Gasteiger charge is 2.28. The van der Waals surface area contributed by atoms with E-state index in [1.165, 1.54) is 0 Å². The summed E-state index contributed by atoms with van der Waals surface area (Å²) >= 11 is 0. The highest BCUT2D eigenvalue weighted by Crippen LogP contribution is 2.27. The summed E-state index contributed by atoms with van der Waals surface area (Å²) in [6.45, 7) is 1.88. The Hall–Kier alpha value is -4.37. The Morgan fingerprint density at radius 2 is 1.77 bits per heavy atom. The van der Waals surface area contributed by atoms with E-state index >= 15 is 0 Å². The van der Waals surface area contributed by atoms with Crippen LogP contribution in [0.2, 0.25) is 0 Å². The zero-order chi connectivity index (χ0) is 24.9. The molecular formula is C26H24N4O5. The van der Waals surface area contributed by atoms with Gasteiger partial charge < -0.3 is 15.5 Å². The van der Waals surface area contributed by atoms with Crippen LogP contribution < -0.4 is 10.9 Å². The molecule has 4 rings (SSSR count). The van der Waals surface area contributed by atoms with Crippen molar-refractivity contribution < 1.29 is 19.8 Å². The monoisotopic (exact) mass is 472 g/mol. The van der Waals surface area contributed by atoms with Crippen molar-refractivity contribution in [2.45, 2.75) is 26.0 Å². The number of carboxylic acids is 1. The average Bonchev–Trinajstić information content (AvgIpc) is 2.85. The predicted molar refractivity (Wildman–Crippen MR) is 130 cm³/mol. The highest BCUT2D eigenvalue weighted by molar-refractivity contribution is 6.04. The summed E-state index contributed by atoms with van der Waals surface area (Å²) in [5, 5.41) is 31.5. The van der Waals surface area contributed by atoms with E-state index in [1.807, 2.05) is 13.0 Å². The number of carbonyl (C=O) groups is 2. The fourth-order valence-corrected chi connectivity index (χ4v) is 3.83. The molecule has 0 saturated heterocycles. The first-order valence-electron chi connectivity index (χ1n) is 11.0. The molecule has 9 nitrogen and oxygen atoms in total. The van der Waals surface area contributed by atoms with E-state index in [1.54, 1.807) is 66.7 Å². The number of nitrogens with zero attached hydrogens (tertiary/aromatic N) is 3. The van der Waals surface area contributed by atoms with Crippen LogP contribution in [0.4, 0.5) is 5.69 Å². The number of aliphatic carboxylic acids is 1. The van der Waals surface area contributed by atoms with Gasteiger partial charge >= 0.3 is 5.97 Å². The lowest BCUT2D eigenvalue weighted by Gasteiger charge is -2.20. The third-order valence-corrected chi connectivity index (χ3v) is 5.77. The maximum atomic E-state index is 12.6. The van der Waals surface area contributed by atoms with Crippen LogP contribution >= 0.6 is 0 Å². The zero-order valence-electron chi connectivity index (χ0n) is 19.0. The third kappa shape index (κ3) is 5.42. The number of hydrogen-bond donors (Lipinski definition) is 3. The van der Waals surface area contributed by atoms with Gasteiger partial charge in [0.15, 0.2) is 0 Å². The SMILES string of the molecule is Cc1cccc(C(=O)Nc2ccc([C@@H](O)[C@H](CCn3nnc4ccccc4c3=O)C(=O)O)cc2)c1. The molecule has 0 aliphatic carbocycles. The highest BCUT2D eigenvalue weighted by atomic mass is 16.4. The molecule has 1 amide bonds. The van der Waals surface area contributed by atoms with Gasteiger partial charge in [-0.1, -0.05) is 47.2 Å². The minimum absolute atomic E-state index is 0.0185. The Balaban J connectivity index is 1.45. The van der Waals surface area contributed by atoms with Gasteiger partial charge in [-0.15, -0.1) is 5.10 Å². The van der Waals surface area contributed by atoms with Gasteiger partial charge in [-0.25, -0.2) is 4.68 Å². The number of carboxylic acid groups (broad SMARTS) is 1. The number of anilines is 1. The number of fused-ring (bicyclic) bond motifs is 1. The molecule has 0 bridgehead atoms. The molecule has 0 aliphatic heterocycles. The van der Waals surface area contributed by atoms with E-state index < -0.39 is 18.0 Å². The Morgan fingerprint density at radius 1 is 1.03 bits per heavy atom. The largest absolute Gasteiger partial charge is 0.481 e. The summed E-state index contributed by atoms with van der Waals surface area (Å²) in [4.78, 5) is 36.9. The fourth-order valence-electron chi connectivity index (χ4n) is 3.83. The van der Waals surface area contributed by atoms with Crippen LogP contribution in [0.25, 0.3) is 10.9 Å². The summed E-state index contributed by atoms with van der Waals surface area (Å²) in [5.41, 5.74) is 2.46. The van der Waals surface area contributed by atoms with E-state index in [2.05, 4.69) is 15.6 Å². The summed E-state index contributed by atoms with van der Waals surface area (Å²) in [6, 6.07) is 20.3. The number of amides is 1. The molecule has 2 atom stereocenters. The summed E-state index contributed by atoms with van der Waals surface area (Å²) in [5.74, 6) is -2.65. The normalized spacial score (nSPS) is 12.7. The van der Waals surface area contributed by atoms with Gasteiger partial charge in [-0.05, 0) is 55.3 Å². The van der Waals surface area contributed by atoms with Gasteiger partial charge in [0.05, 0.1) is 17.4 Å². The van der Waals surface area contributed by atoms with Crippen molar-refractivity contribution in [3.05, 3.63) is 99.8 Å². The van der Waals surface area contributed by atoms with Gasteiger partial charge in [0.1, 0.15) is 5.52 Å². The molecule has 0 radical (unpaired) electrons. The Bertz CT molecular complexity index is 1430. The summed E-state index contributed by atoms with van der Waals surface area (Å²) in [7, 11) is 0. The minimum Gasteiger partial charge on any atom is -0.481 e. The van der Waals surface area contributed by atoms with Crippen molar-refractivity contribution in [3.8, 4) is 0 Å². The van der Waals surface area contributed by atoms with Crippen LogP contribution in [0, 0.1) is 12.8 Å². The molecule has 0 fully saturated rings. The van der Waals surface area contributed by atoms with Crippen molar-refractivity contribution in [2.75, 3.05) is 5.32 Å². The lowest BCUT2D eigenvalue weighted by Crippen LogP contribution is -2.29. The zero-order valence-corrected chi connectivity index (χ0v) is 19.0. The van der Waals surface area contributed by atoms with Crippen LogP contribution in [-0.4, -0.2) is 37.1 Å². The number of aryl methyl sites for hydroxylation is 2. The number of aliphatic hydroxyl groups excluding tert-OH is 1. The topological polar surface area (TPSA) is 134 Å². The van der Waals surface area contributed by atoms with Gasteiger partial charge in [-0.3, -0.25) is 14.4 Å². The molecule has 3 N–H and O–H groups in total. The van der Waals surface area contributed by atoms with Crippen molar-refractivity contribution >= 4 is 28.5 Å². The van der Waals surface area contributed by atoms with Crippen molar-refractivity contribution in [2.24, 2.45) is 5.92 Å². The van der Waals surface area contributed by atoms with Crippen LogP contribution in [0.15, 0.2) is 77.6 Å². The summed E-state index contributed by atoms with van der Waals surface area (Å²) < 4.78 is 1.11. The predicted octanol–water partition coefficient (Wildman–Crippen LogP) is 3.18. The smallest absolute Gasteiger partial charge is 0.309 e. The van der Waals surface area contributed by atoms with E-state index in [0.29, 0.717) is 27.7 Å². The Kier molecular flexibility index (Phi) is 6.98. The van der Waals surface area contributed by atoms with Crippen molar-refractivity contribution in [3.63, 3.8) is 0 Å². The number of hydrogen-bond acceptors (Lipinski definition) is 6. The molecule has 0 spiro atoms. The van der Waals surface area contributed by atoms with Crippen LogP contribution in [-0.2, 0) is 11.3 Å². The molecule has 4 aromatic rings. The summed E-state index contributed by atoms with van der Waals surface area (Å²) in [6.07, 6.45) is -1.35. The first kappa shape index (κ1) is 23.8. The van der Waals surface area contributed by atoms with Crippen LogP contribution in [0.5, 0.6) is 0 Å². The Morgan fingerprint density at radius 3 is 2.49 bits per heavy atom. The number of carbonyl (C=O) groups excluding carboxylic acids is 1. The molecule has 1 heterocycles. The minimum atomic E-state index is -1.32. The van der Waals surface area contributed by atoms with E-state index in [9.17, 15) is 24.6 Å². The molecule has 9 heteroatoms. The van der Waals surface area contributed by atoms with Crippen molar-refractivity contribution in [1.82, 2.24) is 15.0 Å². The molecule has 0 saturated carbocycles. The van der Waals surface area contributed by atoms with Gasteiger partial charge in [-0.2, -0.15) is 0 Å². The molecule has 35 heavy (non-hydrogen) atoms. The van der Waals surface area contributed by atoms with Crippen LogP contribution in [0.1, 0.15) is 34.0 Å². The molecule has 0 unspecified atom stereocenters. The average molecular weight is 473 g/mol. The number of aromatic nitrogens is 3. The van der Waals surface area contributed by atoms with Crippen molar-refractivity contribution in [1.29, 1.82) is 0 Å². The van der Waals surface area contributed by atoms with Gasteiger partial charge in [0.25, 0.3) is 11.5 Å². The van der Waals surface area contributed by atoms with E-state index in [4.69, 9.17) is 0 Å². The maximum absolute atomic E-state index is 12.6. The first-order chi connectivity index (χ1) is 16.8. The lowest BCUT2D eigenvalue weighted by molar-refractivity contribution is -0.146. The van der Waals surface area contributed by atoms with E-state index in [0.717, 1.165) is 10.2 Å². The number of aliphatic hydroxyl groups is 1. The molecule has 1 aromatic heterocycles. The number of benzene rings is 3. The second-order valence-electron chi connectivity index (χ2n) is 8.26. The molecule has 3 aromatic carbocycles. The first-order valence-corrected chi connectivity index (χ1v) is 11.0. The second-order valence-corrected chi connectivity index (χ2v) is 8.26. The second kappa shape index (κ2) is 10.3.